The average Bonchev–Trinajstić information content (AvgIpc) is 3.01. The van der Waals surface area contributed by atoms with Gasteiger partial charge in [0.15, 0.2) is 5.70 Å². The summed E-state index contributed by atoms with van der Waals surface area (Å²) in [6, 6.07) is 11.1. The standard InChI is InChI=1S/C19H15ClN2O5/c1-2-9-26-17-6-4-3-5-12(17)10-16-19(23)27-18(21-16)14-11-13(22(24)25)7-8-15(14)20/h3-8,10-11H,2,9H2,1H3/b16-10-. The van der Waals surface area contributed by atoms with Crippen LogP contribution in [0.25, 0.3) is 6.08 Å². The Balaban J connectivity index is 1.97. The maximum Gasteiger partial charge on any atom is 0.363 e. The van der Waals surface area contributed by atoms with Crippen LogP contribution in [0.3, 0.4) is 0 Å². The van der Waals surface area contributed by atoms with Crippen molar-refractivity contribution in [3.8, 4) is 5.75 Å². The SMILES string of the molecule is CCCOc1ccccc1/C=C1\N=C(c2cc([N+](=O)[O-])ccc2Cl)OC1=O. The van der Waals surface area contributed by atoms with Gasteiger partial charge in [0.25, 0.3) is 5.69 Å². The fourth-order valence-corrected chi connectivity index (χ4v) is 2.60. The zero-order valence-corrected chi connectivity index (χ0v) is 15.1. The van der Waals surface area contributed by atoms with E-state index >= 15 is 0 Å². The van der Waals surface area contributed by atoms with E-state index < -0.39 is 10.9 Å². The number of nitro groups is 1. The number of para-hydroxylation sites is 1. The lowest BCUT2D eigenvalue weighted by molar-refractivity contribution is -0.384. The van der Waals surface area contributed by atoms with E-state index in [4.69, 9.17) is 21.1 Å². The van der Waals surface area contributed by atoms with Crippen LogP contribution in [0, 0.1) is 10.1 Å². The number of hydrogen-bond acceptors (Lipinski definition) is 6. The fraction of sp³-hybridized carbons (Fsp3) is 0.158. The highest BCUT2D eigenvalue weighted by Crippen LogP contribution is 2.28. The first-order valence-corrected chi connectivity index (χ1v) is 8.56. The molecule has 0 saturated carbocycles. The number of nitro benzene ring substituents is 1. The summed E-state index contributed by atoms with van der Waals surface area (Å²) in [5.74, 6) is -0.124. The highest BCUT2D eigenvalue weighted by molar-refractivity contribution is 6.34. The average molecular weight is 387 g/mol. The Morgan fingerprint density at radius 3 is 2.81 bits per heavy atom. The van der Waals surface area contributed by atoms with Crippen molar-refractivity contribution in [1.29, 1.82) is 0 Å². The van der Waals surface area contributed by atoms with Crippen molar-refractivity contribution in [1.82, 2.24) is 0 Å². The molecule has 3 rings (SSSR count). The van der Waals surface area contributed by atoms with Gasteiger partial charge in [0.05, 0.1) is 22.1 Å². The molecule has 0 saturated heterocycles. The Kier molecular flexibility index (Phi) is 5.52. The van der Waals surface area contributed by atoms with Crippen LogP contribution >= 0.6 is 11.6 Å². The molecular weight excluding hydrogens is 372 g/mol. The summed E-state index contributed by atoms with van der Waals surface area (Å²) < 4.78 is 10.8. The number of carbonyl (C=O) groups is 1. The minimum atomic E-state index is -0.669. The minimum Gasteiger partial charge on any atom is -0.493 e. The van der Waals surface area contributed by atoms with Crippen LogP contribution in [-0.2, 0) is 9.53 Å². The molecule has 138 valence electrons. The molecule has 27 heavy (non-hydrogen) atoms. The van der Waals surface area contributed by atoms with Crippen molar-refractivity contribution in [3.05, 3.63) is 74.4 Å². The van der Waals surface area contributed by atoms with Crippen LogP contribution in [-0.4, -0.2) is 23.4 Å². The van der Waals surface area contributed by atoms with E-state index in [1.807, 2.05) is 19.1 Å². The molecular formula is C19H15ClN2O5. The van der Waals surface area contributed by atoms with Crippen molar-refractivity contribution >= 4 is 35.2 Å². The molecule has 2 aromatic carbocycles. The van der Waals surface area contributed by atoms with Gasteiger partial charge in [-0.1, -0.05) is 36.7 Å². The normalized spacial score (nSPS) is 14.8. The number of aliphatic imine (C=N–C) groups is 1. The molecule has 0 spiro atoms. The van der Waals surface area contributed by atoms with Crippen LogP contribution in [0.5, 0.6) is 5.75 Å². The summed E-state index contributed by atoms with van der Waals surface area (Å²) in [5.41, 5.74) is 0.732. The second kappa shape index (κ2) is 8.01. The molecule has 2 aromatic rings. The van der Waals surface area contributed by atoms with Gasteiger partial charge in [-0.2, -0.15) is 0 Å². The molecule has 0 aliphatic carbocycles. The van der Waals surface area contributed by atoms with Gasteiger partial charge in [0.2, 0.25) is 5.90 Å². The molecule has 0 N–H and O–H groups in total. The van der Waals surface area contributed by atoms with E-state index in [9.17, 15) is 14.9 Å². The van der Waals surface area contributed by atoms with Crippen LogP contribution in [0.2, 0.25) is 5.02 Å². The third kappa shape index (κ3) is 4.15. The van der Waals surface area contributed by atoms with Crippen LogP contribution in [0.15, 0.2) is 53.2 Å². The Morgan fingerprint density at radius 1 is 1.30 bits per heavy atom. The molecule has 0 radical (unpaired) electrons. The van der Waals surface area contributed by atoms with Gasteiger partial charge in [-0.15, -0.1) is 0 Å². The molecule has 0 atom stereocenters. The number of halogens is 1. The lowest BCUT2D eigenvalue weighted by Crippen LogP contribution is -2.06. The van der Waals surface area contributed by atoms with Gasteiger partial charge < -0.3 is 9.47 Å². The molecule has 0 amide bonds. The van der Waals surface area contributed by atoms with Crippen molar-refractivity contribution in [3.63, 3.8) is 0 Å². The summed E-state index contributed by atoms with van der Waals surface area (Å²) in [5, 5.41) is 11.2. The van der Waals surface area contributed by atoms with E-state index in [-0.39, 0.29) is 27.9 Å². The van der Waals surface area contributed by atoms with Gasteiger partial charge >= 0.3 is 5.97 Å². The lowest BCUT2D eigenvalue weighted by atomic mass is 10.1. The summed E-state index contributed by atoms with van der Waals surface area (Å²) >= 11 is 6.08. The first-order valence-electron chi connectivity index (χ1n) is 8.18. The van der Waals surface area contributed by atoms with Crippen molar-refractivity contribution in [2.75, 3.05) is 6.61 Å². The van der Waals surface area contributed by atoms with Crippen LogP contribution in [0.1, 0.15) is 24.5 Å². The second-order valence-electron chi connectivity index (χ2n) is 5.64. The van der Waals surface area contributed by atoms with Gasteiger partial charge in [-0.3, -0.25) is 10.1 Å². The number of non-ortho nitro benzene ring substituents is 1. The summed E-state index contributed by atoms with van der Waals surface area (Å²) in [6.45, 7) is 2.54. The van der Waals surface area contributed by atoms with Crippen LogP contribution < -0.4 is 4.74 Å². The smallest absolute Gasteiger partial charge is 0.363 e. The number of rotatable bonds is 6. The Hall–Kier alpha value is -3.19. The molecule has 0 aromatic heterocycles. The van der Waals surface area contributed by atoms with Crippen LogP contribution in [0.4, 0.5) is 5.69 Å². The predicted octanol–water partition coefficient (Wildman–Crippen LogP) is 4.38. The predicted molar refractivity (Wildman–Crippen MR) is 101 cm³/mol. The van der Waals surface area contributed by atoms with E-state index in [1.54, 1.807) is 18.2 Å². The minimum absolute atomic E-state index is 0.0557. The highest BCUT2D eigenvalue weighted by atomic mass is 35.5. The van der Waals surface area contributed by atoms with E-state index in [0.717, 1.165) is 6.42 Å². The van der Waals surface area contributed by atoms with Crippen molar-refractivity contribution in [2.24, 2.45) is 4.99 Å². The van der Waals surface area contributed by atoms with Gasteiger partial charge in [0, 0.05) is 17.7 Å². The molecule has 7 nitrogen and oxygen atoms in total. The first kappa shape index (κ1) is 18.6. The number of nitrogens with zero attached hydrogens (tertiary/aromatic N) is 2. The third-order valence-corrected chi connectivity index (χ3v) is 4.01. The van der Waals surface area contributed by atoms with E-state index in [1.165, 1.54) is 18.2 Å². The molecule has 1 heterocycles. The lowest BCUT2D eigenvalue weighted by Gasteiger charge is -2.07. The number of hydrogen-bond donors (Lipinski definition) is 0. The molecule has 0 bridgehead atoms. The molecule has 0 unspecified atom stereocenters. The first-order chi connectivity index (χ1) is 13.0. The summed E-state index contributed by atoms with van der Waals surface area (Å²) in [6.07, 6.45) is 2.39. The van der Waals surface area contributed by atoms with Gasteiger partial charge in [-0.05, 0) is 24.6 Å². The van der Waals surface area contributed by atoms with E-state index in [2.05, 4.69) is 4.99 Å². The molecule has 0 fully saturated rings. The fourth-order valence-electron chi connectivity index (χ4n) is 2.41. The van der Waals surface area contributed by atoms with Crippen molar-refractivity contribution in [2.45, 2.75) is 13.3 Å². The van der Waals surface area contributed by atoms with Crippen molar-refractivity contribution < 1.29 is 19.2 Å². The molecule has 8 heteroatoms. The van der Waals surface area contributed by atoms with E-state index in [0.29, 0.717) is 17.9 Å². The number of benzene rings is 2. The monoisotopic (exact) mass is 386 g/mol. The quantitative estimate of drug-likeness (QED) is 0.318. The zero-order valence-electron chi connectivity index (χ0n) is 14.3. The topological polar surface area (TPSA) is 91.0 Å². The maximum absolute atomic E-state index is 12.2. The largest absolute Gasteiger partial charge is 0.493 e. The number of ether oxygens (including phenoxy) is 2. The Bertz CT molecular complexity index is 968. The second-order valence-corrected chi connectivity index (χ2v) is 6.05. The Labute approximate surface area is 160 Å². The van der Waals surface area contributed by atoms with Gasteiger partial charge in [-0.25, -0.2) is 9.79 Å². The zero-order chi connectivity index (χ0) is 19.4. The Morgan fingerprint density at radius 2 is 2.07 bits per heavy atom. The number of cyclic esters (lactones) is 1. The summed E-state index contributed by atoms with van der Waals surface area (Å²) in [7, 11) is 0. The highest BCUT2D eigenvalue weighted by Gasteiger charge is 2.27. The molecule has 1 aliphatic rings. The number of esters is 1. The third-order valence-electron chi connectivity index (χ3n) is 3.68. The maximum atomic E-state index is 12.2. The number of carbonyl (C=O) groups excluding carboxylic acids is 1. The molecule has 1 aliphatic heterocycles. The van der Waals surface area contributed by atoms with Gasteiger partial charge in [0.1, 0.15) is 5.75 Å². The summed E-state index contributed by atoms with van der Waals surface area (Å²) in [4.78, 5) is 26.8.